The Balaban J connectivity index is 2.19. The molecule has 0 aliphatic carbocycles. The molecular formula is C17H16F2N2O4. The number of amides is 2. The molecule has 0 aliphatic heterocycles. The molecule has 0 heterocycles. The number of ether oxygens (including phenoxy) is 2. The average molecular weight is 350 g/mol. The van der Waals surface area contributed by atoms with Gasteiger partial charge in [0.15, 0.2) is 11.5 Å². The minimum atomic E-state index is -3.00. The van der Waals surface area contributed by atoms with E-state index in [4.69, 9.17) is 4.74 Å². The summed E-state index contributed by atoms with van der Waals surface area (Å²) in [5.74, 6) is -0.940. The molecule has 25 heavy (non-hydrogen) atoms. The highest BCUT2D eigenvalue weighted by Crippen LogP contribution is 2.29. The predicted octanol–water partition coefficient (Wildman–Crippen LogP) is 2.91. The van der Waals surface area contributed by atoms with E-state index in [1.165, 1.54) is 38.4 Å². The number of halogens is 2. The summed E-state index contributed by atoms with van der Waals surface area (Å²) in [7, 11) is 2.78. The summed E-state index contributed by atoms with van der Waals surface area (Å²) in [6.45, 7) is -3.00. The van der Waals surface area contributed by atoms with Crippen molar-refractivity contribution in [3.63, 3.8) is 0 Å². The molecule has 0 saturated heterocycles. The van der Waals surface area contributed by atoms with Gasteiger partial charge in [-0.25, -0.2) is 0 Å². The monoisotopic (exact) mass is 350 g/mol. The number of nitrogens with one attached hydrogen (secondary N) is 2. The van der Waals surface area contributed by atoms with Crippen LogP contribution < -0.4 is 20.1 Å². The van der Waals surface area contributed by atoms with Crippen LogP contribution in [-0.2, 0) is 0 Å². The summed E-state index contributed by atoms with van der Waals surface area (Å²) in [5, 5.41) is 5.11. The number of anilines is 1. The van der Waals surface area contributed by atoms with Gasteiger partial charge in [0.2, 0.25) is 0 Å². The molecule has 2 rings (SSSR count). The zero-order chi connectivity index (χ0) is 18.4. The topological polar surface area (TPSA) is 76.7 Å². The molecule has 0 aromatic heterocycles. The number of rotatable bonds is 6. The number of hydrogen-bond acceptors (Lipinski definition) is 4. The smallest absolute Gasteiger partial charge is 0.387 e. The standard InChI is InChI=1S/C17H16F2N2O4/c1-20-15(22)10-4-3-5-12(8-10)21-16(23)11-6-7-13(25-17(18)19)14(9-11)24-2/h3-9,17H,1-2H3,(H,20,22)(H,21,23). The second-order valence-electron chi connectivity index (χ2n) is 4.86. The van der Waals surface area contributed by atoms with Crippen LogP contribution in [0.1, 0.15) is 20.7 Å². The molecule has 0 aliphatic rings. The third-order valence-electron chi connectivity index (χ3n) is 3.25. The Morgan fingerprint density at radius 3 is 2.36 bits per heavy atom. The minimum absolute atomic E-state index is 0.00654. The Morgan fingerprint density at radius 2 is 1.72 bits per heavy atom. The van der Waals surface area contributed by atoms with Crippen molar-refractivity contribution < 1.29 is 27.8 Å². The zero-order valence-electron chi connectivity index (χ0n) is 13.5. The molecule has 132 valence electrons. The Morgan fingerprint density at radius 1 is 1.00 bits per heavy atom. The van der Waals surface area contributed by atoms with E-state index in [-0.39, 0.29) is 23.0 Å². The lowest BCUT2D eigenvalue weighted by atomic mass is 10.1. The lowest BCUT2D eigenvalue weighted by Crippen LogP contribution is -2.18. The van der Waals surface area contributed by atoms with Gasteiger partial charge in [0.1, 0.15) is 0 Å². The van der Waals surface area contributed by atoms with Crippen molar-refractivity contribution in [3.05, 3.63) is 53.6 Å². The lowest BCUT2D eigenvalue weighted by molar-refractivity contribution is -0.0512. The second-order valence-corrected chi connectivity index (χ2v) is 4.86. The summed E-state index contributed by atoms with van der Waals surface area (Å²) in [6, 6.07) is 10.2. The summed E-state index contributed by atoms with van der Waals surface area (Å²) >= 11 is 0. The highest BCUT2D eigenvalue weighted by atomic mass is 19.3. The number of carbonyl (C=O) groups is 2. The first-order chi connectivity index (χ1) is 11.9. The van der Waals surface area contributed by atoms with E-state index < -0.39 is 12.5 Å². The maximum Gasteiger partial charge on any atom is 0.387 e. The summed E-state index contributed by atoms with van der Waals surface area (Å²) in [5.41, 5.74) is 0.986. The quantitative estimate of drug-likeness (QED) is 0.840. The van der Waals surface area contributed by atoms with Crippen molar-refractivity contribution in [2.45, 2.75) is 6.61 Å². The molecule has 2 aromatic carbocycles. The molecule has 0 unspecified atom stereocenters. The van der Waals surface area contributed by atoms with Gasteiger partial charge in [0.25, 0.3) is 11.8 Å². The highest BCUT2D eigenvalue weighted by Gasteiger charge is 2.15. The first-order valence-electron chi connectivity index (χ1n) is 7.21. The van der Waals surface area contributed by atoms with Crippen LogP contribution in [0.4, 0.5) is 14.5 Å². The van der Waals surface area contributed by atoms with Crippen LogP contribution in [0.3, 0.4) is 0 Å². The summed E-state index contributed by atoms with van der Waals surface area (Å²) < 4.78 is 33.9. The van der Waals surface area contributed by atoms with Gasteiger partial charge in [-0.05, 0) is 36.4 Å². The molecule has 0 spiro atoms. The third kappa shape index (κ3) is 4.66. The van der Waals surface area contributed by atoms with Crippen LogP contribution in [-0.4, -0.2) is 32.6 Å². The van der Waals surface area contributed by atoms with Crippen LogP contribution in [0.25, 0.3) is 0 Å². The molecule has 2 N–H and O–H groups in total. The zero-order valence-corrected chi connectivity index (χ0v) is 13.5. The van der Waals surface area contributed by atoms with Gasteiger partial charge in [-0.2, -0.15) is 8.78 Å². The van der Waals surface area contributed by atoms with E-state index in [2.05, 4.69) is 15.4 Å². The maximum absolute atomic E-state index is 12.3. The molecule has 2 aromatic rings. The van der Waals surface area contributed by atoms with Crippen molar-refractivity contribution in [1.82, 2.24) is 5.32 Å². The fourth-order valence-electron chi connectivity index (χ4n) is 2.09. The van der Waals surface area contributed by atoms with Gasteiger partial charge in [0.05, 0.1) is 7.11 Å². The SMILES string of the molecule is CNC(=O)c1cccc(NC(=O)c2ccc(OC(F)F)c(OC)c2)c1. The lowest BCUT2D eigenvalue weighted by Gasteiger charge is -2.12. The van der Waals surface area contributed by atoms with E-state index in [1.54, 1.807) is 18.2 Å². The Labute approximate surface area is 142 Å². The molecule has 0 atom stereocenters. The van der Waals surface area contributed by atoms with Crippen LogP contribution in [0, 0.1) is 0 Å². The highest BCUT2D eigenvalue weighted by molar-refractivity contribution is 6.05. The van der Waals surface area contributed by atoms with Crippen molar-refractivity contribution in [2.75, 3.05) is 19.5 Å². The van der Waals surface area contributed by atoms with Gasteiger partial charge in [-0.15, -0.1) is 0 Å². The van der Waals surface area contributed by atoms with E-state index >= 15 is 0 Å². The molecule has 0 fully saturated rings. The van der Waals surface area contributed by atoms with Gasteiger partial charge in [-0.3, -0.25) is 9.59 Å². The molecule has 0 bridgehead atoms. The average Bonchev–Trinajstić information content (AvgIpc) is 2.61. The predicted molar refractivity (Wildman–Crippen MR) is 87.4 cm³/mol. The number of benzene rings is 2. The molecule has 2 amide bonds. The number of alkyl halides is 2. The molecule has 0 saturated carbocycles. The number of carbonyl (C=O) groups excluding carboxylic acids is 2. The van der Waals surface area contributed by atoms with Crippen molar-refractivity contribution in [1.29, 1.82) is 0 Å². The van der Waals surface area contributed by atoms with E-state index in [1.807, 2.05) is 0 Å². The van der Waals surface area contributed by atoms with E-state index in [9.17, 15) is 18.4 Å². The first kappa shape index (κ1) is 18.2. The fourth-order valence-corrected chi connectivity index (χ4v) is 2.09. The third-order valence-corrected chi connectivity index (χ3v) is 3.25. The van der Waals surface area contributed by atoms with Crippen molar-refractivity contribution in [2.24, 2.45) is 0 Å². The first-order valence-corrected chi connectivity index (χ1v) is 7.21. The van der Waals surface area contributed by atoms with Crippen LogP contribution in [0.5, 0.6) is 11.5 Å². The normalized spacial score (nSPS) is 10.3. The Bertz CT molecular complexity index is 781. The van der Waals surface area contributed by atoms with E-state index in [0.29, 0.717) is 11.3 Å². The van der Waals surface area contributed by atoms with Crippen molar-refractivity contribution >= 4 is 17.5 Å². The molecule has 8 heteroatoms. The van der Waals surface area contributed by atoms with Gasteiger partial charge in [-0.1, -0.05) is 6.07 Å². The number of methoxy groups -OCH3 is 1. The molecular weight excluding hydrogens is 334 g/mol. The summed E-state index contributed by atoms with van der Waals surface area (Å²) in [6.07, 6.45) is 0. The number of hydrogen-bond donors (Lipinski definition) is 2. The Hall–Kier alpha value is -3.16. The molecule has 6 nitrogen and oxygen atoms in total. The van der Waals surface area contributed by atoms with Crippen molar-refractivity contribution in [3.8, 4) is 11.5 Å². The summed E-state index contributed by atoms with van der Waals surface area (Å²) in [4.78, 5) is 23.9. The van der Waals surface area contributed by atoms with Gasteiger partial charge >= 0.3 is 6.61 Å². The minimum Gasteiger partial charge on any atom is -0.493 e. The Kier molecular flexibility index (Phi) is 5.89. The van der Waals surface area contributed by atoms with Crippen LogP contribution in [0.15, 0.2) is 42.5 Å². The van der Waals surface area contributed by atoms with Gasteiger partial charge < -0.3 is 20.1 Å². The van der Waals surface area contributed by atoms with Crippen LogP contribution in [0.2, 0.25) is 0 Å². The fraction of sp³-hybridized carbons (Fsp3) is 0.176. The van der Waals surface area contributed by atoms with E-state index in [0.717, 1.165) is 0 Å². The van der Waals surface area contributed by atoms with Crippen LogP contribution >= 0.6 is 0 Å². The largest absolute Gasteiger partial charge is 0.493 e. The maximum atomic E-state index is 12.3. The second kappa shape index (κ2) is 8.09. The van der Waals surface area contributed by atoms with Gasteiger partial charge in [0, 0.05) is 23.9 Å². The molecule has 0 radical (unpaired) electrons.